The summed E-state index contributed by atoms with van der Waals surface area (Å²) in [6, 6.07) is 6.40. The van der Waals surface area contributed by atoms with E-state index in [1.807, 2.05) is 6.92 Å². The zero-order chi connectivity index (χ0) is 25.7. The fraction of sp³-hybridized carbons (Fsp3) is 0.423. The van der Waals surface area contributed by atoms with E-state index in [0.29, 0.717) is 11.1 Å². The maximum atomic E-state index is 13.4. The van der Waals surface area contributed by atoms with Crippen molar-refractivity contribution in [2.45, 2.75) is 39.0 Å². The molecule has 1 aliphatic heterocycles. The van der Waals surface area contributed by atoms with Crippen LogP contribution >= 0.6 is 0 Å². The highest BCUT2D eigenvalue weighted by Gasteiger charge is 2.34. The van der Waals surface area contributed by atoms with Gasteiger partial charge >= 0.3 is 0 Å². The van der Waals surface area contributed by atoms with Gasteiger partial charge in [0, 0.05) is 36.8 Å². The fourth-order valence-corrected chi connectivity index (χ4v) is 3.74. The Bertz CT molecular complexity index is 1130. The van der Waals surface area contributed by atoms with Crippen LogP contribution in [0.4, 0.5) is 4.39 Å². The summed E-state index contributed by atoms with van der Waals surface area (Å²) in [6.07, 6.45) is 0.0960. The number of nitrogens with zero attached hydrogens (tertiary/aromatic N) is 3. The Morgan fingerprint density at radius 2 is 2.03 bits per heavy atom. The number of aliphatic hydroxyl groups excluding tert-OH is 2. The number of hydrogen-bond acceptors (Lipinski definition) is 6. The molecule has 0 radical (unpaired) electrons. The van der Waals surface area contributed by atoms with Gasteiger partial charge in [-0.15, -0.1) is 0 Å². The van der Waals surface area contributed by atoms with Gasteiger partial charge in [0.25, 0.3) is 11.8 Å². The number of carbonyl (C=O) groups is 2. The van der Waals surface area contributed by atoms with Gasteiger partial charge in [-0.3, -0.25) is 9.59 Å². The minimum absolute atomic E-state index is 0.104. The van der Waals surface area contributed by atoms with E-state index in [-0.39, 0.29) is 48.9 Å². The van der Waals surface area contributed by atoms with Crippen molar-refractivity contribution in [2.24, 2.45) is 5.92 Å². The van der Waals surface area contributed by atoms with Crippen LogP contribution in [0.1, 0.15) is 47.1 Å². The number of aliphatic hydroxyl groups is 2. The number of ether oxygens (including phenoxy) is 1. The SMILES string of the molecule is C[C@@H](O)C#Cc1cnc2c(c1)C(=O)N([C@@H](C)CO)C[C@H](C)[C@@H](CN(C)C(=O)c1ccc(F)cc1)O2. The molecule has 0 fully saturated rings. The van der Waals surface area contributed by atoms with Gasteiger partial charge in [0.15, 0.2) is 0 Å². The topological polar surface area (TPSA) is 103 Å². The Morgan fingerprint density at radius 3 is 2.66 bits per heavy atom. The average Bonchev–Trinajstić information content (AvgIpc) is 2.84. The van der Waals surface area contributed by atoms with E-state index in [1.54, 1.807) is 24.9 Å². The van der Waals surface area contributed by atoms with E-state index in [9.17, 15) is 24.2 Å². The number of carbonyl (C=O) groups excluding carboxylic acids is 2. The minimum Gasteiger partial charge on any atom is -0.472 e. The van der Waals surface area contributed by atoms with Crippen molar-refractivity contribution in [1.82, 2.24) is 14.8 Å². The maximum absolute atomic E-state index is 13.4. The molecule has 3 rings (SSSR count). The van der Waals surface area contributed by atoms with E-state index >= 15 is 0 Å². The van der Waals surface area contributed by atoms with E-state index in [0.717, 1.165) is 0 Å². The lowest BCUT2D eigenvalue weighted by Gasteiger charge is -2.37. The predicted octanol–water partition coefficient (Wildman–Crippen LogP) is 1.95. The molecular formula is C26H30FN3O5. The van der Waals surface area contributed by atoms with Crippen molar-refractivity contribution in [3.63, 3.8) is 0 Å². The number of rotatable bonds is 5. The first-order chi connectivity index (χ1) is 16.6. The summed E-state index contributed by atoms with van der Waals surface area (Å²) in [5.74, 6) is 4.23. The van der Waals surface area contributed by atoms with Gasteiger partial charge in [0.05, 0.1) is 19.2 Å². The second-order valence-electron chi connectivity index (χ2n) is 8.84. The van der Waals surface area contributed by atoms with E-state index < -0.39 is 24.1 Å². The van der Waals surface area contributed by atoms with Crippen molar-refractivity contribution in [2.75, 3.05) is 26.7 Å². The maximum Gasteiger partial charge on any atom is 0.259 e. The largest absolute Gasteiger partial charge is 0.472 e. The van der Waals surface area contributed by atoms with Crippen LogP contribution in [0, 0.1) is 23.6 Å². The zero-order valence-electron chi connectivity index (χ0n) is 20.2. The van der Waals surface area contributed by atoms with Gasteiger partial charge in [-0.25, -0.2) is 9.37 Å². The number of hydrogen-bond donors (Lipinski definition) is 2. The summed E-state index contributed by atoms with van der Waals surface area (Å²) < 4.78 is 19.4. The van der Waals surface area contributed by atoms with E-state index in [2.05, 4.69) is 16.8 Å². The summed E-state index contributed by atoms with van der Waals surface area (Å²) in [7, 11) is 1.63. The molecule has 35 heavy (non-hydrogen) atoms. The van der Waals surface area contributed by atoms with E-state index in [4.69, 9.17) is 4.74 Å². The second kappa shape index (κ2) is 11.3. The lowest BCUT2D eigenvalue weighted by Crippen LogP contribution is -2.50. The molecule has 0 saturated heterocycles. The zero-order valence-corrected chi connectivity index (χ0v) is 20.2. The number of likely N-dealkylation sites (N-methyl/N-ethyl adjacent to an activating group) is 1. The molecule has 2 aromatic rings. The molecule has 8 nitrogen and oxygen atoms in total. The predicted molar refractivity (Wildman–Crippen MR) is 127 cm³/mol. The standard InChI is InChI=1S/C26H30FN3O5/c1-16-13-30(17(2)15-31)26(34)22-11-19(6-5-18(3)32)12-28-24(22)35-23(16)14-29(4)25(33)20-7-9-21(27)10-8-20/h7-12,16-18,23,31-32H,13-15H2,1-4H3/t16-,17-,18+,23+/m0/s1. The van der Waals surface area contributed by atoms with Crippen molar-refractivity contribution >= 4 is 11.8 Å². The van der Waals surface area contributed by atoms with Crippen LogP contribution in [-0.4, -0.2) is 81.8 Å². The highest BCUT2D eigenvalue weighted by atomic mass is 19.1. The molecule has 1 aliphatic rings. The monoisotopic (exact) mass is 483 g/mol. The van der Waals surface area contributed by atoms with Gasteiger partial charge in [-0.05, 0) is 44.2 Å². The second-order valence-corrected chi connectivity index (χ2v) is 8.84. The van der Waals surface area contributed by atoms with Gasteiger partial charge in [-0.2, -0.15) is 0 Å². The van der Waals surface area contributed by atoms with E-state index in [1.165, 1.54) is 42.3 Å². The molecule has 2 heterocycles. The third-order valence-electron chi connectivity index (χ3n) is 5.84. The quantitative estimate of drug-likeness (QED) is 0.631. The first-order valence-corrected chi connectivity index (χ1v) is 11.4. The Morgan fingerprint density at radius 1 is 1.34 bits per heavy atom. The van der Waals surface area contributed by atoms with Crippen LogP contribution in [-0.2, 0) is 0 Å². The molecule has 0 bridgehead atoms. The summed E-state index contributed by atoms with van der Waals surface area (Å²) in [6.45, 7) is 5.43. The Kier molecular flexibility index (Phi) is 8.43. The fourth-order valence-electron chi connectivity index (χ4n) is 3.74. The highest BCUT2D eigenvalue weighted by molar-refractivity contribution is 5.97. The molecule has 0 saturated carbocycles. The number of pyridine rings is 1. The molecule has 0 aliphatic carbocycles. The molecular weight excluding hydrogens is 453 g/mol. The summed E-state index contributed by atoms with van der Waals surface area (Å²) in [5.41, 5.74) is 0.969. The molecule has 2 N–H and O–H groups in total. The lowest BCUT2D eigenvalue weighted by molar-refractivity contribution is 0.0313. The Balaban J connectivity index is 1.94. The number of aromatic nitrogens is 1. The van der Waals surface area contributed by atoms with Crippen molar-refractivity contribution in [3.8, 4) is 17.7 Å². The van der Waals surface area contributed by atoms with Gasteiger partial charge < -0.3 is 24.7 Å². The first kappa shape index (κ1) is 26.1. The number of amides is 2. The van der Waals surface area contributed by atoms with Crippen LogP contribution < -0.4 is 4.74 Å². The number of fused-ring (bicyclic) bond motifs is 1. The number of halogens is 1. The van der Waals surface area contributed by atoms with Crippen molar-refractivity contribution in [3.05, 3.63) is 59.0 Å². The summed E-state index contributed by atoms with van der Waals surface area (Å²) >= 11 is 0. The molecule has 9 heteroatoms. The average molecular weight is 484 g/mol. The molecule has 1 aromatic heterocycles. The molecule has 1 aromatic carbocycles. The molecule has 186 valence electrons. The lowest BCUT2D eigenvalue weighted by atomic mass is 9.99. The highest BCUT2D eigenvalue weighted by Crippen LogP contribution is 2.27. The first-order valence-electron chi connectivity index (χ1n) is 11.4. The normalized spacial score (nSPS) is 19.3. The summed E-state index contributed by atoms with van der Waals surface area (Å²) in [4.78, 5) is 33.6. The van der Waals surface area contributed by atoms with Gasteiger partial charge in [-0.1, -0.05) is 18.8 Å². The molecule has 0 unspecified atom stereocenters. The smallest absolute Gasteiger partial charge is 0.259 e. The van der Waals surface area contributed by atoms with Crippen molar-refractivity contribution in [1.29, 1.82) is 0 Å². The van der Waals surface area contributed by atoms with Crippen LogP contribution in [0.2, 0.25) is 0 Å². The molecule has 2 amide bonds. The van der Waals surface area contributed by atoms with Crippen LogP contribution in [0.15, 0.2) is 36.5 Å². The minimum atomic E-state index is -0.839. The van der Waals surface area contributed by atoms with Gasteiger partial charge in [0.2, 0.25) is 5.88 Å². The van der Waals surface area contributed by atoms with Crippen molar-refractivity contribution < 1.29 is 28.9 Å². The Labute approximate surface area is 204 Å². The van der Waals surface area contributed by atoms with Crippen LogP contribution in [0.25, 0.3) is 0 Å². The Hall–Kier alpha value is -3.48. The molecule has 0 spiro atoms. The molecule has 4 atom stereocenters. The van der Waals surface area contributed by atoms with Crippen LogP contribution in [0.3, 0.4) is 0 Å². The van der Waals surface area contributed by atoms with Crippen LogP contribution in [0.5, 0.6) is 5.88 Å². The van der Waals surface area contributed by atoms with Gasteiger partial charge in [0.1, 0.15) is 23.6 Å². The third-order valence-corrected chi connectivity index (χ3v) is 5.84. The number of benzene rings is 1. The third kappa shape index (κ3) is 6.35. The summed E-state index contributed by atoms with van der Waals surface area (Å²) in [5, 5.41) is 19.2.